The van der Waals surface area contributed by atoms with Crippen LogP contribution in [0.5, 0.6) is 17.2 Å². The monoisotopic (exact) mass is 606 g/mol. The quantitative estimate of drug-likeness (QED) is 0.250. The van der Waals surface area contributed by atoms with Crippen LogP contribution in [0.4, 0.5) is 17.5 Å². The fraction of sp³-hybridized carbons (Fsp3) is 0.576. The summed E-state index contributed by atoms with van der Waals surface area (Å²) in [6.07, 6.45) is 3.19. The van der Waals surface area contributed by atoms with Gasteiger partial charge < -0.3 is 40.0 Å². The average Bonchev–Trinajstić information content (AvgIpc) is 3.54. The van der Waals surface area contributed by atoms with Crippen molar-refractivity contribution in [1.29, 1.82) is 0 Å². The minimum absolute atomic E-state index is 0.296. The van der Waals surface area contributed by atoms with Gasteiger partial charge in [-0.1, -0.05) is 6.07 Å². The first kappa shape index (κ1) is 31.9. The number of fused-ring (bicyclic) bond motifs is 1. The third-order valence-corrected chi connectivity index (χ3v) is 8.61. The largest absolute Gasteiger partial charge is 0.493 e. The maximum atomic E-state index is 6.27. The summed E-state index contributed by atoms with van der Waals surface area (Å²) < 4.78 is 17.5. The number of likely N-dealkylation sites (tertiary alicyclic amines) is 1. The Hall–Kier alpha value is -3.54. The van der Waals surface area contributed by atoms with Gasteiger partial charge >= 0.3 is 0 Å². The Bertz CT molecular complexity index is 1370. The molecule has 2 aromatic carbocycles. The van der Waals surface area contributed by atoms with Crippen LogP contribution in [-0.2, 0) is 6.54 Å². The lowest BCUT2D eigenvalue weighted by atomic mass is 10.0. The molecule has 0 unspecified atom stereocenters. The lowest BCUT2D eigenvalue weighted by Gasteiger charge is -2.34. The molecule has 2 saturated heterocycles. The van der Waals surface area contributed by atoms with E-state index in [4.69, 9.17) is 24.2 Å². The highest BCUT2D eigenvalue weighted by molar-refractivity contribution is 5.92. The highest BCUT2D eigenvalue weighted by atomic mass is 16.5. The summed E-state index contributed by atoms with van der Waals surface area (Å²) in [5, 5.41) is 11.6. The van der Waals surface area contributed by atoms with E-state index in [1.165, 1.54) is 11.3 Å². The summed E-state index contributed by atoms with van der Waals surface area (Å²) in [6, 6.07) is 10.6. The molecular weight excluding hydrogens is 556 g/mol. The van der Waals surface area contributed by atoms with Gasteiger partial charge in [0, 0.05) is 75.6 Å². The van der Waals surface area contributed by atoms with Crippen LogP contribution in [0, 0.1) is 5.92 Å². The molecule has 2 aliphatic heterocycles. The Morgan fingerprint density at radius 3 is 2.43 bits per heavy atom. The summed E-state index contributed by atoms with van der Waals surface area (Å²) in [4.78, 5) is 16.7. The standard InChI is InChI=1S/C33H50N8O3/c1-39(2)16-17-44-29-9-7-8-28(40(3)4)26(29)22-41-14-11-24(12-15-41)36-32-25-18-30(42-5)31(43-6)19-27(25)37-33(38-32)35-21-23-10-13-34-20-23/h7-9,18-19,23-24,34H,10-17,20-22H2,1-6H3,(H2,35,36,37,38)/t23-/m1/s1. The van der Waals surface area contributed by atoms with Gasteiger partial charge in [0.2, 0.25) is 5.95 Å². The Kier molecular flexibility index (Phi) is 10.8. The van der Waals surface area contributed by atoms with Crippen LogP contribution < -0.4 is 35.1 Å². The number of aromatic nitrogens is 2. The van der Waals surface area contributed by atoms with Crippen LogP contribution in [0.15, 0.2) is 30.3 Å². The topological polar surface area (TPSA) is 99.3 Å². The number of likely N-dealkylation sites (N-methyl/N-ethyl adjacent to an activating group) is 1. The maximum absolute atomic E-state index is 6.27. The van der Waals surface area contributed by atoms with E-state index in [-0.39, 0.29) is 0 Å². The van der Waals surface area contributed by atoms with Crippen LogP contribution in [0.3, 0.4) is 0 Å². The van der Waals surface area contributed by atoms with Gasteiger partial charge in [0.1, 0.15) is 18.2 Å². The van der Waals surface area contributed by atoms with E-state index in [0.717, 1.165) is 87.5 Å². The molecule has 11 heteroatoms. The number of anilines is 3. The molecule has 11 nitrogen and oxygen atoms in total. The SMILES string of the molecule is COc1cc2nc(NC[C@@H]3CCNC3)nc(NC3CCN(Cc4c(OCCN(C)C)cccc4N(C)C)CC3)c2cc1OC. The van der Waals surface area contributed by atoms with Gasteiger partial charge in [-0.05, 0) is 70.6 Å². The number of hydrogen-bond donors (Lipinski definition) is 3. The molecule has 0 aliphatic carbocycles. The van der Waals surface area contributed by atoms with Gasteiger partial charge in [-0.25, -0.2) is 4.98 Å². The molecule has 5 rings (SSSR count). The smallest absolute Gasteiger partial charge is 0.225 e. The number of rotatable bonds is 14. The van der Waals surface area contributed by atoms with Gasteiger partial charge in [-0.15, -0.1) is 0 Å². The summed E-state index contributed by atoms with van der Waals surface area (Å²) >= 11 is 0. The normalized spacial score (nSPS) is 17.7. The van der Waals surface area contributed by atoms with E-state index < -0.39 is 0 Å². The van der Waals surface area contributed by atoms with E-state index in [1.807, 2.05) is 12.1 Å². The Balaban J connectivity index is 1.29. The van der Waals surface area contributed by atoms with Crippen molar-refractivity contribution in [2.24, 2.45) is 5.92 Å². The second kappa shape index (κ2) is 15.0. The maximum Gasteiger partial charge on any atom is 0.225 e. The van der Waals surface area contributed by atoms with Crippen molar-refractivity contribution in [3.05, 3.63) is 35.9 Å². The summed E-state index contributed by atoms with van der Waals surface area (Å²) in [5.41, 5.74) is 3.28. The van der Waals surface area contributed by atoms with Crippen molar-refractivity contribution < 1.29 is 14.2 Å². The molecule has 0 saturated carbocycles. The molecule has 0 amide bonds. The number of ether oxygens (including phenoxy) is 3. The molecule has 2 fully saturated rings. The zero-order chi connectivity index (χ0) is 31.1. The van der Waals surface area contributed by atoms with Crippen LogP contribution in [0.1, 0.15) is 24.8 Å². The fourth-order valence-electron chi connectivity index (χ4n) is 6.03. The predicted molar refractivity (Wildman–Crippen MR) is 179 cm³/mol. The van der Waals surface area contributed by atoms with Crippen molar-refractivity contribution in [3.63, 3.8) is 0 Å². The molecule has 3 aromatic rings. The number of piperidine rings is 1. The Morgan fingerprint density at radius 2 is 1.75 bits per heavy atom. The molecule has 1 aromatic heterocycles. The second-order valence-electron chi connectivity index (χ2n) is 12.4. The Labute approximate surface area is 262 Å². The zero-order valence-corrected chi connectivity index (χ0v) is 27.3. The first-order valence-electron chi connectivity index (χ1n) is 15.8. The van der Waals surface area contributed by atoms with Crippen molar-refractivity contribution in [3.8, 4) is 17.2 Å². The van der Waals surface area contributed by atoms with Gasteiger partial charge in [0.25, 0.3) is 0 Å². The van der Waals surface area contributed by atoms with E-state index >= 15 is 0 Å². The van der Waals surface area contributed by atoms with Gasteiger partial charge in [0.15, 0.2) is 11.5 Å². The molecule has 1 atom stereocenters. The van der Waals surface area contributed by atoms with Crippen molar-refractivity contribution in [1.82, 2.24) is 25.1 Å². The average molecular weight is 607 g/mol. The second-order valence-corrected chi connectivity index (χ2v) is 12.4. The highest BCUT2D eigenvalue weighted by Crippen LogP contribution is 2.36. The van der Waals surface area contributed by atoms with Gasteiger partial charge in [-0.2, -0.15) is 4.98 Å². The van der Waals surface area contributed by atoms with E-state index in [0.29, 0.717) is 36.0 Å². The highest BCUT2D eigenvalue weighted by Gasteiger charge is 2.24. The first-order chi connectivity index (χ1) is 21.3. The number of nitrogens with zero attached hydrogens (tertiary/aromatic N) is 5. The minimum Gasteiger partial charge on any atom is -0.493 e. The van der Waals surface area contributed by atoms with Crippen LogP contribution >= 0.6 is 0 Å². The lowest BCUT2D eigenvalue weighted by Crippen LogP contribution is -2.39. The Morgan fingerprint density at radius 1 is 0.977 bits per heavy atom. The number of nitrogens with one attached hydrogen (secondary N) is 3. The summed E-state index contributed by atoms with van der Waals surface area (Å²) in [6.45, 7) is 7.31. The van der Waals surface area contributed by atoms with Crippen LogP contribution in [0.2, 0.25) is 0 Å². The van der Waals surface area contributed by atoms with E-state index in [9.17, 15) is 0 Å². The van der Waals surface area contributed by atoms with Crippen molar-refractivity contribution in [2.75, 3.05) is 104 Å². The predicted octanol–water partition coefficient (Wildman–Crippen LogP) is 3.75. The van der Waals surface area contributed by atoms with Crippen LogP contribution in [-0.4, -0.2) is 114 Å². The molecule has 3 N–H and O–H groups in total. The van der Waals surface area contributed by atoms with Gasteiger partial charge in [0.05, 0.1) is 19.7 Å². The third-order valence-electron chi connectivity index (χ3n) is 8.61. The molecule has 0 radical (unpaired) electrons. The molecule has 2 aliphatic rings. The molecule has 240 valence electrons. The molecule has 0 bridgehead atoms. The minimum atomic E-state index is 0.296. The fourth-order valence-corrected chi connectivity index (χ4v) is 6.03. The van der Waals surface area contributed by atoms with E-state index in [1.54, 1.807) is 14.2 Å². The summed E-state index contributed by atoms with van der Waals surface area (Å²) in [7, 11) is 11.7. The zero-order valence-electron chi connectivity index (χ0n) is 27.3. The molecular formula is C33H50N8O3. The molecule has 3 heterocycles. The number of methoxy groups -OCH3 is 2. The summed E-state index contributed by atoms with van der Waals surface area (Å²) in [5.74, 6) is 4.35. The third kappa shape index (κ3) is 7.94. The van der Waals surface area contributed by atoms with Crippen molar-refractivity contribution >= 4 is 28.4 Å². The molecule has 44 heavy (non-hydrogen) atoms. The van der Waals surface area contributed by atoms with Crippen molar-refractivity contribution in [2.45, 2.75) is 31.8 Å². The first-order valence-corrected chi connectivity index (χ1v) is 15.8. The lowest BCUT2D eigenvalue weighted by molar-refractivity contribution is 0.205. The van der Waals surface area contributed by atoms with Gasteiger partial charge in [-0.3, -0.25) is 4.90 Å². The van der Waals surface area contributed by atoms with Crippen LogP contribution in [0.25, 0.3) is 10.9 Å². The number of benzene rings is 2. The molecule has 0 spiro atoms. The number of hydrogen-bond acceptors (Lipinski definition) is 11. The van der Waals surface area contributed by atoms with E-state index in [2.05, 4.69) is 77.0 Å².